The molecule has 0 bridgehead atoms. The zero-order valence-electron chi connectivity index (χ0n) is 11.3. The summed E-state index contributed by atoms with van der Waals surface area (Å²) in [4.78, 5) is 16.0. The number of hydrogen-bond donors (Lipinski definition) is 1. The number of halogens is 4. The molecule has 0 atom stereocenters. The van der Waals surface area contributed by atoms with E-state index < -0.39 is 23.5 Å². The molecule has 0 unspecified atom stereocenters. The standard InChI is InChI=1S/C15H8F4N2OS/c16-9-2-1-3-10(7-9)20-13(22)14-21-11-6-8(15(17,18)19)4-5-12(11)23-14/h1-7H,(H,20,22). The van der Waals surface area contributed by atoms with Gasteiger partial charge in [0, 0.05) is 5.69 Å². The number of hydrogen-bond acceptors (Lipinski definition) is 3. The van der Waals surface area contributed by atoms with Crippen molar-refractivity contribution < 1.29 is 22.4 Å². The van der Waals surface area contributed by atoms with E-state index in [0.29, 0.717) is 4.70 Å². The van der Waals surface area contributed by atoms with Crippen LogP contribution in [0.25, 0.3) is 10.2 Å². The Bertz CT molecular complexity index is 889. The van der Waals surface area contributed by atoms with Crippen LogP contribution in [0.3, 0.4) is 0 Å². The van der Waals surface area contributed by atoms with Crippen molar-refractivity contribution in [3.05, 3.63) is 58.9 Å². The van der Waals surface area contributed by atoms with E-state index in [1.807, 2.05) is 0 Å². The molecule has 8 heteroatoms. The second kappa shape index (κ2) is 5.62. The molecule has 1 aromatic heterocycles. The Kier molecular flexibility index (Phi) is 3.77. The second-order valence-corrected chi connectivity index (χ2v) is 5.69. The van der Waals surface area contributed by atoms with Crippen molar-refractivity contribution in [1.82, 2.24) is 4.98 Å². The van der Waals surface area contributed by atoms with Gasteiger partial charge >= 0.3 is 6.18 Å². The normalized spacial score (nSPS) is 11.7. The van der Waals surface area contributed by atoms with Crippen LogP contribution in [0.2, 0.25) is 0 Å². The van der Waals surface area contributed by atoms with Crippen molar-refractivity contribution in [3.63, 3.8) is 0 Å². The van der Waals surface area contributed by atoms with Crippen molar-refractivity contribution in [1.29, 1.82) is 0 Å². The Morgan fingerprint density at radius 3 is 2.61 bits per heavy atom. The van der Waals surface area contributed by atoms with E-state index in [4.69, 9.17) is 0 Å². The van der Waals surface area contributed by atoms with E-state index in [0.717, 1.165) is 29.5 Å². The summed E-state index contributed by atoms with van der Waals surface area (Å²) in [7, 11) is 0. The number of nitrogens with one attached hydrogen (secondary N) is 1. The minimum absolute atomic E-state index is 0.00332. The van der Waals surface area contributed by atoms with Gasteiger partial charge in [-0.15, -0.1) is 11.3 Å². The van der Waals surface area contributed by atoms with E-state index in [1.165, 1.54) is 24.3 Å². The van der Waals surface area contributed by atoms with Crippen LogP contribution in [0, 0.1) is 5.82 Å². The van der Waals surface area contributed by atoms with E-state index in [-0.39, 0.29) is 16.2 Å². The highest BCUT2D eigenvalue weighted by molar-refractivity contribution is 7.20. The zero-order chi connectivity index (χ0) is 16.6. The van der Waals surface area contributed by atoms with Gasteiger partial charge in [0.15, 0.2) is 5.01 Å². The Morgan fingerprint density at radius 2 is 1.91 bits per heavy atom. The summed E-state index contributed by atoms with van der Waals surface area (Å²) in [6.45, 7) is 0. The van der Waals surface area contributed by atoms with Crippen LogP contribution in [-0.2, 0) is 6.18 Å². The summed E-state index contributed by atoms with van der Waals surface area (Å²) in [5.41, 5.74) is -0.494. The first-order chi connectivity index (χ1) is 10.8. The van der Waals surface area contributed by atoms with Crippen molar-refractivity contribution >= 4 is 33.1 Å². The maximum absolute atomic E-state index is 13.1. The van der Waals surface area contributed by atoms with Crippen LogP contribution in [0.4, 0.5) is 23.2 Å². The SMILES string of the molecule is O=C(Nc1cccc(F)c1)c1nc2cc(C(F)(F)F)ccc2s1. The van der Waals surface area contributed by atoms with Gasteiger partial charge in [0.05, 0.1) is 15.8 Å². The van der Waals surface area contributed by atoms with Crippen LogP contribution in [0.5, 0.6) is 0 Å². The number of fused-ring (bicyclic) bond motifs is 1. The molecule has 0 fully saturated rings. The number of thiazole rings is 1. The Labute approximate surface area is 131 Å². The van der Waals surface area contributed by atoms with Gasteiger partial charge in [-0.25, -0.2) is 9.37 Å². The lowest BCUT2D eigenvalue weighted by molar-refractivity contribution is -0.137. The molecule has 118 valence electrons. The number of aromatic nitrogens is 1. The smallest absolute Gasteiger partial charge is 0.320 e. The first-order valence-corrected chi connectivity index (χ1v) is 7.19. The third-order valence-corrected chi connectivity index (χ3v) is 4.03. The van der Waals surface area contributed by atoms with E-state index >= 15 is 0 Å². The topological polar surface area (TPSA) is 42.0 Å². The van der Waals surface area contributed by atoms with Gasteiger partial charge in [-0.3, -0.25) is 4.79 Å². The minimum atomic E-state index is -4.47. The maximum Gasteiger partial charge on any atom is 0.416 e. The largest absolute Gasteiger partial charge is 0.416 e. The van der Waals surface area contributed by atoms with Gasteiger partial charge in [-0.2, -0.15) is 13.2 Å². The molecule has 0 saturated carbocycles. The monoisotopic (exact) mass is 340 g/mol. The fourth-order valence-electron chi connectivity index (χ4n) is 1.95. The Hall–Kier alpha value is -2.48. The summed E-state index contributed by atoms with van der Waals surface area (Å²) < 4.78 is 51.5. The van der Waals surface area contributed by atoms with Crippen LogP contribution in [-0.4, -0.2) is 10.9 Å². The summed E-state index contributed by atoms with van der Waals surface area (Å²) in [5.74, 6) is -1.12. The van der Waals surface area contributed by atoms with E-state index in [1.54, 1.807) is 0 Å². The Balaban J connectivity index is 1.89. The number of alkyl halides is 3. The summed E-state index contributed by atoms with van der Waals surface area (Å²) >= 11 is 0.964. The highest BCUT2D eigenvalue weighted by Crippen LogP contribution is 2.33. The lowest BCUT2D eigenvalue weighted by atomic mass is 10.2. The number of amides is 1. The first-order valence-electron chi connectivity index (χ1n) is 6.37. The fourth-order valence-corrected chi connectivity index (χ4v) is 2.79. The molecule has 0 aliphatic heterocycles. The molecule has 1 N–H and O–H groups in total. The predicted octanol–water partition coefficient (Wildman–Crippen LogP) is 4.71. The van der Waals surface area contributed by atoms with Crippen molar-refractivity contribution in [3.8, 4) is 0 Å². The molecule has 0 spiro atoms. The molecular formula is C15H8F4N2OS. The molecule has 23 heavy (non-hydrogen) atoms. The van der Waals surface area contributed by atoms with Gasteiger partial charge in [-0.1, -0.05) is 6.07 Å². The molecule has 1 heterocycles. The highest BCUT2D eigenvalue weighted by Gasteiger charge is 2.31. The second-order valence-electron chi connectivity index (χ2n) is 4.66. The molecule has 3 aromatic rings. The van der Waals surface area contributed by atoms with Gasteiger partial charge in [-0.05, 0) is 36.4 Å². The first kappa shape index (κ1) is 15.4. The zero-order valence-corrected chi connectivity index (χ0v) is 12.1. The maximum atomic E-state index is 13.1. The summed E-state index contributed by atoms with van der Waals surface area (Å²) in [5, 5.41) is 2.45. The lowest BCUT2D eigenvalue weighted by Crippen LogP contribution is -2.11. The number of benzene rings is 2. The molecule has 0 radical (unpaired) electrons. The van der Waals surface area contributed by atoms with Gasteiger partial charge in [0.2, 0.25) is 0 Å². The van der Waals surface area contributed by atoms with E-state index in [9.17, 15) is 22.4 Å². The molecule has 0 aliphatic carbocycles. The Morgan fingerprint density at radius 1 is 1.13 bits per heavy atom. The molecule has 3 nitrogen and oxygen atoms in total. The third kappa shape index (κ3) is 3.31. The molecule has 0 saturated heterocycles. The average Bonchev–Trinajstić information content (AvgIpc) is 2.89. The minimum Gasteiger partial charge on any atom is -0.320 e. The van der Waals surface area contributed by atoms with E-state index in [2.05, 4.69) is 10.3 Å². The highest BCUT2D eigenvalue weighted by atomic mass is 32.1. The fraction of sp³-hybridized carbons (Fsp3) is 0.0667. The molecule has 0 aliphatic rings. The van der Waals surface area contributed by atoms with Crippen molar-refractivity contribution in [2.24, 2.45) is 0 Å². The van der Waals surface area contributed by atoms with Gasteiger partial charge < -0.3 is 5.32 Å². The molecule has 2 aromatic carbocycles. The number of anilines is 1. The van der Waals surface area contributed by atoms with Gasteiger partial charge in [0.1, 0.15) is 5.82 Å². The lowest BCUT2D eigenvalue weighted by Gasteiger charge is -2.04. The van der Waals surface area contributed by atoms with Crippen LogP contribution in [0.1, 0.15) is 15.4 Å². The molecule has 3 rings (SSSR count). The third-order valence-electron chi connectivity index (χ3n) is 2.99. The van der Waals surface area contributed by atoms with Crippen LogP contribution >= 0.6 is 11.3 Å². The predicted molar refractivity (Wildman–Crippen MR) is 79.0 cm³/mol. The summed E-state index contributed by atoms with van der Waals surface area (Å²) in [6, 6.07) is 8.39. The van der Waals surface area contributed by atoms with Crippen molar-refractivity contribution in [2.75, 3.05) is 5.32 Å². The average molecular weight is 340 g/mol. The molecular weight excluding hydrogens is 332 g/mol. The van der Waals surface area contributed by atoms with Crippen LogP contribution < -0.4 is 5.32 Å². The number of nitrogens with zero attached hydrogens (tertiary/aromatic N) is 1. The number of carbonyl (C=O) groups is 1. The number of rotatable bonds is 2. The quantitative estimate of drug-likeness (QED) is 0.687. The number of carbonyl (C=O) groups excluding carboxylic acids is 1. The molecule has 1 amide bonds. The van der Waals surface area contributed by atoms with Crippen LogP contribution in [0.15, 0.2) is 42.5 Å². The summed E-state index contributed by atoms with van der Waals surface area (Å²) in [6.07, 6.45) is -4.47. The van der Waals surface area contributed by atoms with Crippen molar-refractivity contribution in [2.45, 2.75) is 6.18 Å². The van der Waals surface area contributed by atoms with Gasteiger partial charge in [0.25, 0.3) is 5.91 Å².